The second-order valence-corrected chi connectivity index (χ2v) is 5.34. The second-order valence-electron chi connectivity index (χ2n) is 5.34. The van der Waals surface area contributed by atoms with Crippen molar-refractivity contribution in [2.24, 2.45) is 5.73 Å². The molecule has 0 spiro atoms. The van der Waals surface area contributed by atoms with E-state index >= 15 is 0 Å². The van der Waals surface area contributed by atoms with Gasteiger partial charge in [0.05, 0.1) is 11.2 Å². The van der Waals surface area contributed by atoms with Crippen molar-refractivity contribution in [3.05, 3.63) is 65.9 Å². The first-order chi connectivity index (χ1) is 10.3. The lowest BCUT2D eigenvalue weighted by molar-refractivity contribution is 0.621. The molecule has 2 N–H and O–H groups in total. The Morgan fingerprint density at radius 1 is 1.05 bits per heavy atom. The predicted octanol–water partition coefficient (Wildman–Crippen LogP) is 3.69. The third-order valence-corrected chi connectivity index (χ3v) is 3.95. The molecule has 0 aliphatic heterocycles. The number of rotatable bonds is 5. The topological polar surface area (TPSA) is 43.8 Å². The Balaban J connectivity index is 1.79. The maximum atomic E-state index is 6.29. The molecule has 0 bridgehead atoms. The van der Waals surface area contributed by atoms with Crippen molar-refractivity contribution in [3.63, 3.8) is 0 Å². The van der Waals surface area contributed by atoms with E-state index in [2.05, 4.69) is 48.0 Å². The van der Waals surface area contributed by atoms with Gasteiger partial charge in [0.2, 0.25) is 0 Å². The molecule has 0 fully saturated rings. The molecule has 1 atom stereocenters. The van der Waals surface area contributed by atoms with Crippen LogP contribution in [0, 0.1) is 0 Å². The average molecular weight is 279 g/mol. The minimum atomic E-state index is 0.0664. The summed E-state index contributed by atoms with van der Waals surface area (Å²) in [7, 11) is 0. The standard InChI is InChI=1S/C18H21N3/c1-2-21-18-11-7-6-10-15(18)17(20-21)13-12-16(19)14-8-4-3-5-9-14/h3-11,16H,2,12-13,19H2,1H3. The molecule has 0 radical (unpaired) electrons. The largest absolute Gasteiger partial charge is 0.324 e. The van der Waals surface area contributed by atoms with Crippen LogP contribution in [0.25, 0.3) is 10.9 Å². The van der Waals surface area contributed by atoms with Crippen LogP contribution in [0.5, 0.6) is 0 Å². The Labute approximate surface area is 125 Å². The van der Waals surface area contributed by atoms with E-state index in [1.807, 2.05) is 18.2 Å². The van der Waals surface area contributed by atoms with E-state index in [0.717, 1.165) is 25.1 Å². The van der Waals surface area contributed by atoms with Crippen molar-refractivity contribution < 1.29 is 0 Å². The first kappa shape index (κ1) is 13.8. The highest BCUT2D eigenvalue weighted by atomic mass is 15.3. The summed E-state index contributed by atoms with van der Waals surface area (Å²) in [6, 6.07) is 18.8. The second kappa shape index (κ2) is 6.10. The van der Waals surface area contributed by atoms with E-state index < -0.39 is 0 Å². The Hall–Kier alpha value is -2.13. The third kappa shape index (κ3) is 2.83. The van der Waals surface area contributed by atoms with Crippen molar-refractivity contribution in [1.29, 1.82) is 0 Å². The first-order valence-electron chi connectivity index (χ1n) is 7.54. The third-order valence-electron chi connectivity index (χ3n) is 3.95. The summed E-state index contributed by atoms with van der Waals surface area (Å²) in [5.74, 6) is 0. The fourth-order valence-electron chi connectivity index (χ4n) is 2.78. The van der Waals surface area contributed by atoms with Gasteiger partial charge in [-0.1, -0.05) is 48.5 Å². The smallest absolute Gasteiger partial charge is 0.0704 e. The van der Waals surface area contributed by atoms with Crippen LogP contribution < -0.4 is 5.73 Å². The highest BCUT2D eigenvalue weighted by molar-refractivity contribution is 5.81. The monoisotopic (exact) mass is 279 g/mol. The van der Waals surface area contributed by atoms with Crippen molar-refractivity contribution >= 4 is 10.9 Å². The van der Waals surface area contributed by atoms with Gasteiger partial charge in [-0.2, -0.15) is 5.10 Å². The van der Waals surface area contributed by atoms with Crippen LogP contribution in [0.4, 0.5) is 0 Å². The minimum absolute atomic E-state index is 0.0664. The quantitative estimate of drug-likeness (QED) is 0.774. The van der Waals surface area contributed by atoms with Gasteiger partial charge in [0.1, 0.15) is 0 Å². The molecule has 0 saturated carbocycles. The summed E-state index contributed by atoms with van der Waals surface area (Å²) in [4.78, 5) is 0. The number of aromatic nitrogens is 2. The van der Waals surface area contributed by atoms with Crippen molar-refractivity contribution in [1.82, 2.24) is 9.78 Å². The molecule has 3 heteroatoms. The van der Waals surface area contributed by atoms with E-state index in [1.165, 1.54) is 16.5 Å². The SMILES string of the molecule is CCn1nc(CCC(N)c2ccccc2)c2ccccc21. The maximum Gasteiger partial charge on any atom is 0.0704 e. The molecule has 2 aromatic carbocycles. The van der Waals surface area contributed by atoms with E-state index in [-0.39, 0.29) is 6.04 Å². The van der Waals surface area contributed by atoms with Gasteiger partial charge in [-0.15, -0.1) is 0 Å². The molecule has 3 aromatic rings. The zero-order chi connectivity index (χ0) is 14.7. The van der Waals surface area contributed by atoms with Crippen LogP contribution >= 0.6 is 0 Å². The first-order valence-corrected chi connectivity index (χ1v) is 7.54. The van der Waals surface area contributed by atoms with Crippen LogP contribution in [0.15, 0.2) is 54.6 Å². The Bertz CT molecular complexity index is 716. The molecule has 21 heavy (non-hydrogen) atoms. The number of nitrogens with zero attached hydrogens (tertiary/aromatic N) is 2. The fourth-order valence-corrected chi connectivity index (χ4v) is 2.78. The molecule has 0 aliphatic carbocycles. The molecule has 0 aliphatic rings. The Kier molecular flexibility index (Phi) is 4.02. The summed E-state index contributed by atoms with van der Waals surface area (Å²) in [5.41, 5.74) is 9.85. The number of aryl methyl sites for hydroxylation is 2. The molecule has 108 valence electrons. The van der Waals surface area contributed by atoms with Crippen LogP contribution in [0.1, 0.15) is 30.6 Å². The molecule has 0 amide bonds. The molecule has 0 saturated heterocycles. The summed E-state index contributed by atoms with van der Waals surface area (Å²) >= 11 is 0. The lowest BCUT2D eigenvalue weighted by atomic mass is 10.0. The predicted molar refractivity (Wildman–Crippen MR) is 87.1 cm³/mol. The van der Waals surface area contributed by atoms with Crippen LogP contribution in [0.3, 0.4) is 0 Å². The number of nitrogens with two attached hydrogens (primary N) is 1. The van der Waals surface area contributed by atoms with Gasteiger partial charge in [-0.05, 0) is 31.4 Å². The number of fused-ring (bicyclic) bond motifs is 1. The van der Waals surface area contributed by atoms with E-state index in [4.69, 9.17) is 10.8 Å². The zero-order valence-electron chi connectivity index (χ0n) is 12.4. The molecular weight excluding hydrogens is 258 g/mol. The summed E-state index contributed by atoms with van der Waals surface area (Å²) < 4.78 is 2.07. The van der Waals surface area contributed by atoms with Crippen LogP contribution in [-0.2, 0) is 13.0 Å². The molecular formula is C18H21N3. The molecule has 3 nitrogen and oxygen atoms in total. The number of benzene rings is 2. The molecule has 1 unspecified atom stereocenters. The summed E-state index contributed by atoms with van der Waals surface area (Å²) in [5, 5.41) is 5.98. The van der Waals surface area contributed by atoms with Crippen molar-refractivity contribution in [2.75, 3.05) is 0 Å². The average Bonchev–Trinajstić information content (AvgIpc) is 2.91. The maximum absolute atomic E-state index is 6.29. The van der Waals surface area contributed by atoms with Gasteiger partial charge < -0.3 is 5.73 Å². The number of para-hydroxylation sites is 1. The minimum Gasteiger partial charge on any atom is -0.324 e. The summed E-state index contributed by atoms with van der Waals surface area (Å²) in [6.07, 6.45) is 1.82. The lowest BCUT2D eigenvalue weighted by Crippen LogP contribution is -2.11. The van der Waals surface area contributed by atoms with E-state index in [9.17, 15) is 0 Å². The van der Waals surface area contributed by atoms with E-state index in [1.54, 1.807) is 0 Å². The Morgan fingerprint density at radius 2 is 1.76 bits per heavy atom. The molecule has 1 heterocycles. The van der Waals surface area contributed by atoms with Gasteiger partial charge >= 0.3 is 0 Å². The summed E-state index contributed by atoms with van der Waals surface area (Å²) in [6.45, 7) is 3.02. The highest BCUT2D eigenvalue weighted by Gasteiger charge is 2.11. The van der Waals surface area contributed by atoms with Gasteiger partial charge in [0.25, 0.3) is 0 Å². The van der Waals surface area contributed by atoms with Gasteiger partial charge in [-0.3, -0.25) is 4.68 Å². The van der Waals surface area contributed by atoms with Crippen LogP contribution in [0.2, 0.25) is 0 Å². The van der Waals surface area contributed by atoms with Gasteiger partial charge in [0.15, 0.2) is 0 Å². The van der Waals surface area contributed by atoms with Gasteiger partial charge in [-0.25, -0.2) is 0 Å². The molecule has 3 rings (SSSR count). The number of hydrogen-bond acceptors (Lipinski definition) is 2. The fraction of sp³-hybridized carbons (Fsp3) is 0.278. The Morgan fingerprint density at radius 3 is 2.52 bits per heavy atom. The van der Waals surface area contributed by atoms with Crippen LogP contribution in [-0.4, -0.2) is 9.78 Å². The highest BCUT2D eigenvalue weighted by Crippen LogP contribution is 2.22. The normalized spacial score (nSPS) is 12.7. The molecule has 1 aromatic heterocycles. The van der Waals surface area contributed by atoms with Gasteiger partial charge in [0, 0.05) is 18.0 Å². The number of hydrogen-bond donors (Lipinski definition) is 1. The van der Waals surface area contributed by atoms with Crippen molar-refractivity contribution in [3.8, 4) is 0 Å². The lowest BCUT2D eigenvalue weighted by Gasteiger charge is -2.10. The van der Waals surface area contributed by atoms with Crippen molar-refractivity contribution in [2.45, 2.75) is 32.4 Å². The van der Waals surface area contributed by atoms with E-state index in [0.29, 0.717) is 0 Å². The zero-order valence-corrected chi connectivity index (χ0v) is 12.4.